The van der Waals surface area contributed by atoms with Gasteiger partial charge in [-0.15, -0.1) is 10.2 Å². The summed E-state index contributed by atoms with van der Waals surface area (Å²) in [6.07, 6.45) is 4.52. The van der Waals surface area contributed by atoms with Crippen molar-refractivity contribution in [3.05, 3.63) is 5.01 Å². The molecule has 0 saturated heterocycles. The lowest BCUT2D eigenvalue weighted by atomic mass is 9.95. The number of nitrogens with one attached hydrogen (secondary N) is 1. The second-order valence-electron chi connectivity index (χ2n) is 5.53. The Morgan fingerprint density at radius 3 is 2.70 bits per heavy atom. The Bertz CT molecular complexity index is 500. The molecule has 1 unspecified atom stereocenters. The van der Waals surface area contributed by atoms with Crippen molar-refractivity contribution in [1.82, 2.24) is 15.5 Å². The summed E-state index contributed by atoms with van der Waals surface area (Å²) in [5, 5.41) is 12.7. The normalized spacial score (nSPS) is 21.5. The van der Waals surface area contributed by atoms with Crippen LogP contribution in [0.15, 0.2) is 4.34 Å². The highest BCUT2D eigenvalue weighted by molar-refractivity contribution is 8.01. The fourth-order valence-corrected chi connectivity index (χ4v) is 4.50. The molecule has 1 aromatic heterocycles. The van der Waals surface area contributed by atoms with Crippen molar-refractivity contribution in [3.8, 4) is 0 Å². The summed E-state index contributed by atoms with van der Waals surface area (Å²) in [6.45, 7) is 1.94. The first-order valence-electron chi connectivity index (χ1n) is 6.93. The number of rotatable bonds is 7. The lowest BCUT2D eigenvalue weighted by Crippen LogP contribution is -2.57. The molecule has 3 rings (SSSR count). The van der Waals surface area contributed by atoms with E-state index in [4.69, 9.17) is 4.74 Å². The van der Waals surface area contributed by atoms with Crippen molar-refractivity contribution >= 4 is 29.1 Å². The molecule has 1 heterocycles. The van der Waals surface area contributed by atoms with Crippen LogP contribution in [0.3, 0.4) is 0 Å². The zero-order chi connectivity index (χ0) is 14.2. The molecule has 5 nitrogen and oxygen atoms in total. The zero-order valence-corrected chi connectivity index (χ0v) is 13.4. The van der Waals surface area contributed by atoms with Crippen LogP contribution in [-0.2, 0) is 9.53 Å². The number of methoxy groups -OCH3 is 1. The number of ether oxygens (including phenoxy) is 1. The molecule has 0 spiro atoms. The number of aromatic nitrogens is 2. The molecule has 0 radical (unpaired) electrons. The number of esters is 1. The maximum absolute atomic E-state index is 12.4. The molecule has 0 aliphatic heterocycles. The Kier molecular flexibility index (Phi) is 4.01. The maximum Gasteiger partial charge on any atom is 0.327 e. The number of thioether (sulfide) groups is 1. The molecule has 2 aliphatic carbocycles. The quantitative estimate of drug-likeness (QED) is 0.614. The van der Waals surface area contributed by atoms with Crippen LogP contribution in [0, 0.1) is 12.8 Å². The Labute approximate surface area is 126 Å². The monoisotopic (exact) mass is 313 g/mol. The van der Waals surface area contributed by atoms with Crippen molar-refractivity contribution in [2.75, 3.05) is 12.9 Å². The molecule has 1 N–H and O–H groups in total. The second-order valence-corrected chi connectivity index (χ2v) is 7.94. The minimum atomic E-state index is -0.542. The fourth-order valence-electron chi connectivity index (χ4n) is 2.42. The highest BCUT2D eigenvalue weighted by atomic mass is 32.2. The van der Waals surface area contributed by atoms with Gasteiger partial charge in [-0.05, 0) is 38.5 Å². The van der Waals surface area contributed by atoms with Crippen LogP contribution in [0.5, 0.6) is 0 Å². The molecule has 7 heteroatoms. The summed E-state index contributed by atoms with van der Waals surface area (Å²) in [5.41, 5.74) is -0.542. The van der Waals surface area contributed by atoms with E-state index < -0.39 is 5.54 Å². The predicted octanol–water partition coefficient (Wildman–Crippen LogP) is 2.01. The first-order valence-corrected chi connectivity index (χ1v) is 8.73. The first-order chi connectivity index (χ1) is 9.64. The number of carbonyl (C=O) groups excluding carboxylic acids is 1. The van der Waals surface area contributed by atoms with Gasteiger partial charge in [0.1, 0.15) is 10.5 Å². The Hall–Kier alpha value is -0.660. The molecule has 20 heavy (non-hydrogen) atoms. The second kappa shape index (κ2) is 5.61. The van der Waals surface area contributed by atoms with Gasteiger partial charge in [0.05, 0.1) is 7.11 Å². The van der Waals surface area contributed by atoms with Crippen LogP contribution >= 0.6 is 23.1 Å². The van der Waals surface area contributed by atoms with Gasteiger partial charge in [-0.3, -0.25) is 10.1 Å². The number of aryl methyl sites for hydroxylation is 1. The highest BCUT2D eigenvalue weighted by Crippen LogP contribution is 2.45. The average molecular weight is 313 g/mol. The molecule has 0 aromatic carbocycles. The van der Waals surface area contributed by atoms with E-state index >= 15 is 0 Å². The van der Waals surface area contributed by atoms with E-state index in [1.165, 1.54) is 7.11 Å². The minimum absolute atomic E-state index is 0.124. The molecule has 2 aliphatic rings. The van der Waals surface area contributed by atoms with Crippen molar-refractivity contribution in [1.29, 1.82) is 0 Å². The molecule has 0 bridgehead atoms. The Morgan fingerprint density at radius 2 is 2.20 bits per heavy atom. The SMILES string of the molecule is COC(=O)C(CSc1nnc(C)s1)(NC1CC1)C1CC1. The summed E-state index contributed by atoms with van der Waals surface area (Å²) < 4.78 is 6.02. The van der Waals surface area contributed by atoms with Crippen LogP contribution in [0.4, 0.5) is 0 Å². The van der Waals surface area contributed by atoms with E-state index in [-0.39, 0.29) is 5.97 Å². The van der Waals surface area contributed by atoms with Crippen LogP contribution in [-0.4, -0.2) is 40.6 Å². The molecule has 2 saturated carbocycles. The molecule has 1 atom stereocenters. The molecule has 1 aromatic rings. The Morgan fingerprint density at radius 1 is 1.45 bits per heavy atom. The van der Waals surface area contributed by atoms with E-state index in [0.717, 1.165) is 35.0 Å². The summed E-state index contributed by atoms with van der Waals surface area (Å²) >= 11 is 3.19. The smallest absolute Gasteiger partial charge is 0.327 e. The van der Waals surface area contributed by atoms with Crippen LogP contribution < -0.4 is 5.32 Å². The van der Waals surface area contributed by atoms with Gasteiger partial charge >= 0.3 is 5.97 Å². The average Bonchev–Trinajstić information content (AvgIpc) is 3.34. The van der Waals surface area contributed by atoms with E-state index in [0.29, 0.717) is 17.7 Å². The predicted molar refractivity (Wildman–Crippen MR) is 79.0 cm³/mol. The number of hydrogen-bond acceptors (Lipinski definition) is 7. The maximum atomic E-state index is 12.4. The molecule has 2 fully saturated rings. The lowest BCUT2D eigenvalue weighted by Gasteiger charge is -2.32. The van der Waals surface area contributed by atoms with Crippen LogP contribution in [0.25, 0.3) is 0 Å². The summed E-state index contributed by atoms with van der Waals surface area (Å²) in [7, 11) is 1.48. The fraction of sp³-hybridized carbons (Fsp3) is 0.769. The van der Waals surface area contributed by atoms with Crippen LogP contribution in [0.2, 0.25) is 0 Å². The topological polar surface area (TPSA) is 64.1 Å². The van der Waals surface area contributed by atoms with Gasteiger partial charge in [0.15, 0.2) is 4.34 Å². The van der Waals surface area contributed by atoms with E-state index in [1.807, 2.05) is 6.92 Å². The van der Waals surface area contributed by atoms with Crippen molar-refractivity contribution in [2.45, 2.75) is 48.5 Å². The van der Waals surface area contributed by atoms with Gasteiger partial charge in [-0.2, -0.15) is 0 Å². The third-order valence-electron chi connectivity index (χ3n) is 3.79. The summed E-state index contributed by atoms with van der Waals surface area (Å²) in [5.74, 6) is 0.952. The zero-order valence-electron chi connectivity index (χ0n) is 11.7. The van der Waals surface area contributed by atoms with Gasteiger partial charge in [0.2, 0.25) is 0 Å². The third kappa shape index (κ3) is 2.99. The van der Waals surface area contributed by atoms with Crippen molar-refractivity contribution in [2.24, 2.45) is 5.92 Å². The molecular weight excluding hydrogens is 294 g/mol. The van der Waals surface area contributed by atoms with Crippen LogP contribution in [0.1, 0.15) is 30.7 Å². The first kappa shape index (κ1) is 14.3. The largest absolute Gasteiger partial charge is 0.468 e. The van der Waals surface area contributed by atoms with E-state index in [9.17, 15) is 4.79 Å². The van der Waals surface area contributed by atoms with Gasteiger partial charge in [-0.25, -0.2) is 0 Å². The molecule has 110 valence electrons. The van der Waals surface area contributed by atoms with E-state index in [1.54, 1.807) is 23.1 Å². The highest BCUT2D eigenvalue weighted by Gasteiger charge is 2.53. The number of carbonyl (C=O) groups is 1. The number of hydrogen-bond donors (Lipinski definition) is 1. The van der Waals surface area contributed by atoms with Crippen molar-refractivity contribution in [3.63, 3.8) is 0 Å². The van der Waals surface area contributed by atoms with Gasteiger partial charge in [0.25, 0.3) is 0 Å². The van der Waals surface area contributed by atoms with Gasteiger partial charge in [-0.1, -0.05) is 23.1 Å². The number of nitrogens with zero attached hydrogens (tertiary/aromatic N) is 2. The Balaban J connectivity index is 1.74. The summed E-state index contributed by atoms with van der Waals surface area (Å²) in [4.78, 5) is 12.4. The molecule has 0 amide bonds. The summed E-state index contributed by atoms with van der Waals surface area (Å²) in [6, 6.07) is 0.478. The van der Waals surface area contributed by atoms with Crippen molar-refractivity contribution < 1.29 is 9.53 Å². The van der Waals surface area contributed by atoms with Gasteiger partial charge < -0.3 is 4.74 Å². The molecular formula is C13H19N3O2S2. The minimum Gasteiger partial charge on any atom is -0.468 e. The lowest BCUT2D eigenvalue weighted by molar-refractivity contribution is -0.148. The van der Waals surface area contributed by atoms with Gasteiger partial charge in [0, 0.05) is 11.8 Å². The van der Waals surface area contributed by atoms with E-state index in [2.05, 4.69) is 15.5 Å². The standard InChI is InChI=1S/C13H19N3O2S2/c1-8-15-16-12(20-8)19-7-13(9-3-4-9,11(17)18-2)14-10-5-6-10/h9-10,14H,3-7H2,1-2H3. The third-order valence-corrected chi connectivity index (χ3v) is 5.96.